The zero-order chi connectivity index (χ0) is 13.9. The summed E-state index contributed by atoms with van der Waals surface area (Å²) in [5.41, 5.74) is 0. The monoisotopic (exact) mass is 414 g/mol. The normalized spacial score (nSPS) is 19.4. The molecule has 4 N–H and O–H groups in total. The van der Waals surface area contributed by atoms with Crippen molar-refractivity contribution in [3.05, 3.63) is 0 Å². The number of hydrogen-bond acceptors (Lipinski definition) is 4. The van der Waals surface area contributed by atoms with E-state index < -0.39 is 0 Å². The highest BCUT2D eigenvalue weighted by molar-refractivity contribution is 5.86. The molecule has 0 heterocycles. The van der Waals surface area contributed by atoms with E-state index in [2.05, 4.69) is 42.0 Å². The second-order valence-corrected chi connectivity index (χ2v) is 5.59. The Bertz CT molecular complexity index is 226. The number of halogens is 4. The molecule has 0 aromatic heterocycles. The highest BCUT2D eigenvalue weighted by atomic mass is 35.5. The van der Waals surface area contributed by atoms with Gasteiger partial charge in [0.25, 0.3) is 0 Å². The molecule has 0 radical (unpaired) electrons. The van der Waals surface area contributed by atoms with Crippen LogP contribution in [-0.2, 0) is 0 Å². The van der Waals surface area contributed by atoms with E-state index in [0.717, 1.165) is 44.4 Å². The molecule has 0 bridgehead atoms. The fraction of sp³-hybridized carbons (Fsp3) is 1.00. The molecular formula is C15H38Cl4N4. The number of rotatable bonds is 13. The van der Waals surface area contributed by atoms with Crippen LogP contribution in [0, 0.1) is 11.8 Å². The minimum absolute atomic E-state index is 0. The second kappa shape index (κ2) is 21.0. The molecule has 1 aliphatic rings. The molecule has 23 heavy (non-hydrogen) atoms. The van der Waals surface area contributed by atoms with Crippen molar-refractivity contribution in [3.63, 3.8) is 0 Å². The molecule has 0 aromatic carbocycles. The van der Waals surface area contributed by atoms with Crippen LogP contribution in [0.3, 0.4) is 0 Å². The first-order chi connectivity index (χ1) is 9.31. The van der Waals surface area contributed by atoms with Gasteiger partial charge in [0.1, 0.15) is 0 Å². The topological polar surface area (TPSA) is 48.1 Å². The summed E-state index contributed by atoms with van der Waals surface area (Å²) in [6, 6.07) is 0. The van der Waals surface area contributed by atoms with E-state index in [0.29, 0.717) is 6.17 Å². The van der Waals surface area contributed by atoms with E-state index in [-0.39, 0.29) is 49.6 Å². The van der Waals surface area contributed by atoms with Crippen LogP contribution in [0.5, 0.6) is 0 Å². The summed E-state index contributed by atoms with van der Waals surface area (Å²) in [6.45, 7) is 13.4. The zero-order valence-corrected chi connectivity index (χ0v) is 18.0. The Kier molecular flexibility index (Phi) is 29.0. The molecule has 0 spiro atoms. The lowest BCUT2D eigenvalue weighted by Gasteiger charge is -2.17. The maximum atomic E-state index is 3.63. The van der Waals surface area contributed by atoms with Gasteiger partial charge in [-0.2, -0.15) is 0 Å². The van der Waals surface area contributed by atoms with Gasteiger partial charge in [-0.25, -0.2) is 0 Å². The van der Waals surface area contributed by atoms with Gasteiger partial charge in [0.05, 0.1) is 6.17 Å². The first-order valence-electron chi connectivity index (χ1n) is 8.19. The quantitative estimate of drug-likeness (QED) is 0.276. The van der Waals surface area contributed by atoms with Crippen LogP contribution < -0.4 is 21.3 Å². The fourth-order valence-electron chi connectivity index (χ4n) is 2.51. The van der Waals surface area contributed by atoms with Gasteiger partial charge >= 0.3 is 0 Å². The highest BCUT2D eigenvalue weighted by Gasteiger charge is 2.36. The van der Waals surface area contributed by atoms with Gasteiger partial charge in [-0.1, -0.05) is 20.8 Å². The molecule has 0 aromatic rings. The van der Waals surface area contributed by atoms with Crippen LogP contribution >= 0.6 is 49.6 Å². The molecule has 0 aliphatic heterocycles. The molecule has 146 valence electrons. The van der Waals surface area contributed by atoms with Crippen LogP contribution in [0.4, 0.5) is 0 Å². The molecule has 3 unspecified atom stereocenters. The number of nitrogens with one attached hydrogen (secondary N) is 4. The third-order valence-corrected chi connectivity index (χ3v) is 3.92. The van der Waals surface area contributed by atoms with Crippen molar-refractivity contribution >= 4 is 49.6 Å². The van der Waals surface area contributed by atoms with Gasteiger partial charge < -0.3 is 21.3 Å². The maximum Gasteiger partial charge on any atom is 0.0568 e. The van der Waals surface area contributed by atoms with Crippen molar-refractivity contribution in [1.29, 1.82) is 0 Å². The Hall–Kier alpha value is 1.00. The average Bonchev–Trinajstić information content (AvgIpc) is 3.17. The van der Waals surface area contributed by atoms with E-state index in [4.69, 9.17) is 0 Å². The van der Waals surface area contributed by atoms with Crippen LogP contribution in [-0.4, -0.2) is 45.4 Å². The summed E-state index contributed by atoms with van der Waals surface area (Å²) < 4.78 is 0. The first kappa shape index (κ1) is 31.7. The summed E-state index contributed by atoms with van der Waals surface area (Å²) in [5, 5.41) is 14.0. The zero-order valence-electron chi connectivity index (χ0n) is 14.7. The van der Waals surface area contributed by atoms with Crippen molar-refractivity contribution in [3.8, 4) is 0 Å². The van der Waals surface area contributed by atoms with E-state index in [1.165, 1.54) is 25.9 Å². The molecular weight excluding hydrogens is 378 g/mol. The van der Waals surface area contributed by atoms with Crippen molar-refractivity contribution in [2.45, 2.75) is 46.2 Å². The first-order valence-corrected chi connectivity index (χ1v) is 8.19. The Morgan fingerprint density at radius 2 is 1.39 bits per heavy atom. The fourth-order valence-corrected chi connectivity index (χ4v) is 2.51. The molecule has 0 saturated heterocycles. The van der Waals surface area contributed by atoms with Crippen molar-refractivity contribution in [1.82, 2.24) is 21.3 Å². The van der Waals surface area contributed by atoms with Gasteiger partial charge in [-0.3, -0.25) is 0 Å². The highest BCUT2D eigenvalue weighted by Crippen LogP contribution is 2.37. The third kappa shape index (κ3) is 16.2. The maximum absolute atomic E-state index is 3.63. The standard InChI is InChI=1S/C15H34N4.4ClH/c1-4-15(18-6-3)19-12-14-10-13(14)11-17-9-7-8-16-5-2;;;;/h13-19H,4-12H2,1-3H3;4*1H. The lowest BCUT2D eigenvalue weighted by molar-refractivity contribution is 0.407. The minimum atomic E-state index is 0. The summed E-state index contributed by atoms with van der Waals surface area (Å²) in [5.74, 6) is 1.81. The van der Waals surface area contributed by atoms with Crippen molar-refractivity contribution in [2.75, 3.05) is 39.3 Å². The van der Waals surface area contributed by atoms with Gasteiger partial charge in [0, 0.05) is 0 Å². The molecule has 0 amide bonds. The Labute approximate surface area is 168 Å². The lowest BCUT2D eigenvalue weighted by atomic mass is 10.3. The molecule has 8 heteroatoms. The molecule has 4 nitrogen and oxygen atoms in total. The third-order valence-electron chi connectivity index (χ3n) is 3.92. The molecule has 1 rings (SSSR count). The predicted octanol–water partition coefficient (Wildman–Crippen LogP) is 2.83. The predicted molar refractivity (Wildman–Crippen MR) is 112 cm³/mol. The molecule has 3 atom stereocenters. The van der Waals surface area contributed by atoms with Crippen LogP contribution in [0.1, 0.15) is 40.0 Å². The number of hydrogen-bond donors (Lipinski definition) is 4. The van der Waals surface area contributed by atoms with Crippen molar-refractivity contribution in [2.24, 2.45) is 11.8 Å². The van der Waals surface area contributed by atoms with Gasteiger partial charge in [0.2, 0.25) is 0 Å². The summed E-state index contributed by atoms with van der Waals surface area (Å²) in [6.07, 6.45) is 4.30. The van der Waals surface area contributed by atoms with Crippen LogP contribution in [0.2, 0.25) is 0 Å². The Morgan fingerprint density at radius 1 is 0.783 bits per heavy atom. The Balaban J connectivity index is -0.000000451. The average molecular weight is 416 g/mol. The summed E-state index contributed by atoms with van der Waals surface area (Å²) in [7, 11) is 0. The smallest absolute Gasteiger partial charge is 0.0568 e. The largest absolute Gasteiger partial charge is 0.317 e. The Morgan fingerprint density at radius 3 is 1.96 bits per heavy atom. The van der Waals surface area contributed by atoms with E-state index in [9.17, 15) is 0 Å². The van der Waals surface area contributed by atoms with Gasteiger partial charge in [0.15, 0.2) is 0 Å². The van der Waals surface area contributed by atoms with Crippen molar-refractivity contribution < 1.29 is 0 Å². The van der Waals surface area contributed by atoms with Gasteiger partial charge in [-0.05, 0) is 70.4 Å². The van der Waals surface area contributed by atoms with Crippen LogP contribution in [0.25, 0.3) is 0 Å². The molecule has 1 fully saturated rings. The molecule has 1 aliphatic carbocycles. The van der Waals surface area contributed by atoms with E-state index >= 15 is 0 Å². The van der Waals surface area contributed by atoms with E-state index in [1.807, 2.05) is 0 Å². The summed E-state index contributed by atoms with van der Waals surface area (Å²) >= 11 is 0. The van der Waals surface area contributed by atoms with Gasteiger partial charge in [-0.15, -0.1) is 49.6 Å². The second-order valence-electron chi connectivity index (χ2n) is 5.59. The minimum Gasteiger partial charge on any atom is -0.317 e. The molecule has 1 saturated carbocycles. The summed E-state index contributed by atoms with van der Waals surface area (Å²) in [4.78, 5) is 0. The lowest BCUT2D eigenvalue weighted by Crippen LogP contribution is -2.42. The van der Waals surface area contributed by atoms with Crippen LogP contribution in [0.15, 0.2) is 0 Å². The SMILES string of the molecule is CCNCCCNCC1CC1CNC(CC)NCC.Cl.Cl.Cl.Cl. The van der Waals surface area contributed by atoms with E-state index in [1.54, 1.807) is 0 Å².